The van der Waals surface area contributed by atoms with Gasteiger partial charge in [0.05, 0.1) is 43.1 Å². The molecule has 41 heavy (non-hydrogen) atoms. The number of carbonyl (C=O) groups excluding carboxylic acids is 3. The zero-order chi connectivity index (χ0) is 28.3. The van der Waals surface area contributed by atoms with Crippen molar-refractivity contribution in [1.82, 2.24) is 5.32 Å². The quantitative estimate of drug-likeness (QED) is 0.293. The van der Waals surface area contributed by atoms with Crippen LogP contribution in [0.1, 0.15) is 5.56 Å². The second-order valence-electron chi connectivity index (χ2n) is 10.7. The highest BCUT2D eigenvalue weighted by Gasteiger charge is 2.63. The topological polar surface area (TPSA) is 135 Å². The van der Waals surface area contributed by atoms with Crippen LogP contribution in [0, 0.1) is 15.5 Å². The van der Waals surface area contributed by atoms with Crippen LogP contribution in [0.25, 0.3) is 10.8 Å². The molecule has 0 aliphatic carbocycles. The fourth-order valence-electron chi connectivity index (χ4n) is 6.67. The van der Waals surface area contributed by atoms with Gasteiger partial charge >= 0.3 is 6.03 Å². The molecule has 0 bridgehead atoms. The minimum absolute atomic E-state index is 0.0834. The number of hydrogen-bond donors (Lipinski definition) is 1. The average molecular weight is 558 g/mol. The molecule has 3 saturated heterocycles. The lowest BCUT2D eigenvalue weighted by atomic mass is 9.68. The van der Waals surface area contributed by atoms with Gasteiger partial charge in [-0.2, -0.15) is 0 Å². The van der Waals surface area contributed by atoms with E-state index in [1.807, 2.05) is 40.1 Å². The van der Waals surface area contributed by atoms with Crippen LogP contribution in [-0.2, 0) is 25.5 Å². The van der Waals surface area contributed by atoms with Gasteiger partial charge in [0, 0.05) is 43.2 Å². The Morgan fingerprint density at radius 3 is 2.46 bits per heavy atom. The Bertz CT molecular complexity index is 1620. The number of urea groups is 1. The van der Waals surface area contributed by atoms with Crippen LogP contribution in [0.3, 0.4) is 0 Å². The van der Waals surface area contributed by atoms with E-state index in [0.29, 0.717) is 61.8 Å². The molecule has 12 nitrogen and oxygen atoms in total. The van der Waals surface area contributed by atoms with Crippen molar-refractivity contribution in [1.29, 1.82) is 0 Å². The molecule has 4 heterocycles. The molecule has 7 rings (SSSR count). The van der Waals surface area contributed by atoms with Gasteiger partial charge < -0.3 is 19.3 Å². The van der Waals surface area contributed by atoms with Crippen molar-refractivity contribution in [3.05, 3.63) is 70.3 Å². The summed E-state index contributed by atoms with van der Waals surface area (Å²) in [5, 5.41) is 16.2. The number of rotatable bonds is 3. The Labute approximate surface area is 234 Å². The molecule has 4 amide bonds. The van der Waals surface area contributed by atoms with Crippen molar-refractivity contribution in [2.45, 2.75) is 12.5 Å². The van der Waals surface area contributed by atoms with Crippen LogP contribution in [-0.4, -0.2) is 74.9 Å². The SMILES string of the molecule is O=C1NC(=O)[C@@]2(Cc3cc([N+](=O)[O-])c(N4CCOCC4)cc3N3CCOC[C@@H]32)C(=O)N1c1cccc2ccccc12. The van der Waals surface area contributed by atoms with Gasteiger partial charge in [-0.3, -0.25) is 25.0 Å². The molecule has 3 fully saturated rings. The van der Waals surface area contributed by atoms with Gasteiger partial charge in [0.15, 0.2) is 5.41 Å². The highest BCUT2D eigenvalue weighted by molar-refractivity contribution is 6.32. The molecule has 1 spiro atoms. The zero-order valence-electron chi connectivity index (χ0n) is 22.1. The van der Waals surface area contributed by atoms with Crippen LogP contribution in [0.2, 0.25) is 0 Å². The van der Waals surface area contributed by atoms with Crippen molar-refractivity contribution in [3.8, 4) is 0 Å². The van der Waals surface area contributed by atoms with Crippen LogP contribution < -0.4 is 20.0 Å². The van der Waals surface area contributed by atoms with Gasteiger partial charge in [0.25, 0.3) is 11.6 Å². The first kappa shape index (κ1) is 25.4. The van der Waals surface area contributed by atoms with Gasteiger partial charge in [-0.15, -0.1) is 0 Å². The molecule has 12 heteroatoms. The summed E-state index contributed by atoms with van der Waals surface area (Å²) < 4.78 is 11.3. The number of nitrogens with one attached hydrogen (secondary N) is 1. The normalized spacial score (nSPS) is 24.3. The number of morpholine rings is 2. The Balaban J connectivity index is 1.39. The predicted molar refractivity (Wildman–Crippen MR) is 149 cm³/mol. The minimum atomic E-state index is -1.74. The molecule has 2 atom stereocenters. The Morgan fingerprint density at radius 2 is 1.66 bits per heavy atom. The lowest BCUT2D eigenvalue weighted by Gasteiger charge is -2.53. The highest BCUT2D eigenvalue weighted by Crippen LogP contribution is 2.49. The summed E-state index contributed by atoms with van der Waals surface area (Å²) in [5.41, 5.74) is 0.225. The molecule has 0 saturated carbocycles. The lowest BCUT2D eigenvalue weighted by molar-refractivity contribution is -0.384. The number of hydrogen-bond acceptors (Lipinski definition) is 9. The number of nitrogens with zero attached hydrogens (tertiary/aromatic N) is 4. The van der Waals surface area contributed by atoms with Gasteiger partial charge in [-0.25, -0.2) is 9.69 Å². The van der Waals surface area contributed by atoms with Crippen LogP contribution in [0.4, 0.5) is 27.5 Å². The summed E-state index contributed by atoms with van der Waals surface area (Å²) >= 11 is 0. The number of amides is 4. The monoisotopic (exact) mass is 557 g/mol. The minimum Gasteiger partial charge on any atom is -0.378 e. The molecule has 210 valence electrons. The first-order valence-corrected chi connectivity index (χ1v) is 13.6. The van der Waals surface area contributed by atoms with Crippen molar-refractivity contribution < 1.29 is 28.8 Å². The predicted octanol–water partition coefficient (Wildman–Crippen LogP) is 2.62. The second kappa shape index (κ2) is 9.53. The van der Waals surface area contributed by atoms with Crippen LogP contribution in [0.5, 0.6) is 0 Å². The van der Waals surface area contributed by atoms with E-state index >= 15 is 0 Å². The molecule has 4 aliphatic heterocycles. The first-order valence-electron chi connectivity index (χ1n) is 13.6. The fourth-order valence-corrected chi connectivity index (χ4v) is 6.67. The Kier molecular flexibility index (Phi) is 5.91. The lowest BCUT2D eigenvalue weighted by Crippen LogP contribution is -2.74. The van der Waals surface area contributed by atoms with Crippen LogP contribution in [0.15, 0.2) is 54.6 Å². The van der Waals surface area contributed by atoms with E-state index in [2.05, 4.69) is 5.32 Å². The summed E-state index contributed by atoms with van der Waals surface area (Å²) in [7, 11) is 0. The third-order valence-electron chi connectivity index (χ3n) is 8.62. The number of carbonyl (C=O) groups is 3. The van der Waals surface area contributed by atoms with Crippen LogP contribution >= 0.6 is 0 Å². The number of anilines is 3. The summed E-state index contributed by atoms with van der Waals surface area (Å²) in [4.78, 5) is 58.4. The molecule has 0 radical (unpaired) electrons. The summed E-state index contributed by atoms with van der Waals surface area (Å²) in [6.45, 7) is 2.77. The summed E-state index contributed by atoms with van der Waals surface area (Å²) in [5.74, 6) is -1.40. The average Bonchev–Trinajstić information content (AvgIpc) is 3.00. The standard InChI is InChI=1S/C29H27N5O7/c35-26-29(27(36)33(28(37)30-26)21-7-3-5-18-4-1-2-6-20(18)21)16-19-14-24(34(38)39)23(31-8-11-40-12-9-31)15-22(19)32-10-13-41-17-25(29)32/h1-7,14-15,25H,8-13,16-17H2,(H,30,35,37)/t25-,29+/m1/s1. The summed E-state index contributed by atoms with van der Waals surface area (Å²) in [6.07, 6.45) is -0.115. The van der Waals surface area contributed by atoms with Gasteiger partial charge in [-0.1, -0.05) is 36.4 Å². The number of ether oxygens (including phenoxy) is 2. The third-order valence-corrected chi connectivity index (χ3v) is 8.62. The van der Waals surface area contributed by atoms with E-state index < -0.39 is 34.2 Å². The maximum absolute atomic E-state index is 14.6. The largest absolute Gasteiger partial charge is 0.378 e. The number of barbiturate groups is 1. The molecule has 1 N–H and O–H groups in total. The highest BCUT2D eigenvalue weighted by atomic mass is 16.6. The van der Waals surface area contributed by atoms with E-state index in [9.17, 15) is 24.5 Å². The number of imide groups is 2. The van der Waals surface area contributed by atoms with E-state index in [4.69, 9.17) is 9.47 Å². The van der Waals surface area contributed by atoms with E-state index in [1.54, 1.807) is 18.2 Å². The van der Waals surface area contributed by atoms with Gasteiger partial charge in [0.1, 0.15) is 5.69 Å². The fraction of sp³-hybridized carbons (Fsp3) is 0.345. The number of fused-ring (bicyclic) bond motifs is 5. The van der Waals surface area contributed by atoms with E-state index in [-0.39, 0.29) is 18.7 Å². The number of nitro benzene ring substituents is 1. The van der Waals surface area contributed by atoms with Crippen molar-refractivity contribution in [2.75, 3.05) is 60.8 Å². The third kappa shape index (κ3) is 3.78. The van der Waals surface area contributed by atoms with Crippen molar-refractivity contribution >= 4 is 51.4 Å². The van der Waals surface area contributed by atoms with E-state index in [1.165, 1.54) is 6.07 Å². The molecule has 0 unspecified atom stereocenters. The molecule has 3 aromatic carbocycles. The van der Waals surface area contributed by atoms with Crippen molar-refractivity contribution in [3.63, 3.8) is 0 Å². The maximum Gasteiger partial charge on any atom is 0.335 e. The first-order chi connectivity index (χ1) is 19.9. The molecule has 3 aromatic rings. The molecular weight excluding hydrogens is 530 g/mol. The van der Waals surface area contributed by atoms with E-state index in [0.717, 1.165) is 16.0 Å². The summed E-state index contributed by atoms with van der Waals surface area (Å²) in [6, 6.07) is 14.4. The maximum atomic E-state index is 14.6. The number of nitro groups is 1. The van der Waals surface area contributed by atoms with Gasteiger partial charge in [-0.05, 0) is 23.1 Å². The molecule has 0 aromatic heterocycles. The second-order valence-corrected chi connectivity index (χ2v) is 10.7. The Hall–Kier alpha value is -4.55. The zero-order valence-corrected chi connectivity index (χ0v) is 22.1. The molecular formula is C29H27N5O7. The van der Waals surface area contributed by atoms with Crippen molar-refractivity contribution in [2.24, 2.45) is 5.41 Å². The number of benzene rings is 3. The van der Waals surface area contributed by atoms with Gasteiger partial charge in [0.2, 0.25) is 5.91 Å². The smallest absolute Gasteiger partial charge is 0.335 e. The Morgan fingerprint density at radius 1 is 0.902 bits per heavy atom. The molecule has 4 aliphatic rings.